The second kappa shape index (κ2) is 2.84. The Bertz CT molecular complexity index is 400. The Kier molecular flexibility index (Phi) is 1.80. The second-order valence-electron chi connectivity index (χ2n) is 3.57. The lowest BCUT2D eigenvalue weighted by Crippen LogP contribution is -2.09. The van der Waals surface area contributed by atoms with Crippen LogP contribution in [0.4, 0.5) is 0 Å². The molecule has 0 saturated carbocycles. The highest BCUT2D eigenvalue weighted by atomic mass is 16.1. The van der Waals surface area contributed by atoms with Gasteiger partial charge < -0.3 is 0 Å². The predicted octanol–water partition coefficient (Wildman–Crippen LogP) is 2.52. The number of allylic oxidation sites excluding steroid dienone is 2. The smallest absolute Gasteiger partial charge is 0.160 e. The maximum Gasteiger partial charge on any atom is 0.160 e. The highest BCUT2D eigenvalue weighted by molar-refractivity contribution is 6.01. The van der Waals surface area contributed by atoms with Crippen molar-refractivity contribution in [2.45, 2.75) is 20.3 Å². The number of carbonyl (C=O) groups excluding carboxylic acids is 1. The Balaban J connectivity index is 2.66. The van der Waals surface area contributed by atoms with Crippen LogP contribution in [0.25, 0.3) is 5.57 Å². The normalized spacial score (nSPS) is 15.2. The minimum atomic E-state index is 0.222. The zero-order valence-corrected chi connectivity index (χ0v) is 7.92. The first-order valence-electron chi connectivity index (χ1n) is 4.48. The van der Waals surface area contributed by atoms with E-state index < -0.39 is 0 Å². The average Bonchev–Trinajstić information content (AvgIpc) is 2.07. The van der Waals surface area contributed by atoms with Crippen molar-refractivity contribution >= 4 is 11.4 Å². The van der Waals surface area contributed by atoms with Gasteiger partial charge in [0.2, 0.25) is 0 Å². The summed E-state index contributed by atoms with van der Waals surface area (Å²) in [6.07, 6.45) is 2.31. The van der Waals surface area contributed by atoms with Crippen LogP contribution in [0.3, 0.4) is 0 Å². The van der Waals surface area contributed by atoms with Gasteiger partial charge in [0.05, 0.1) is 0 Å². The van der Waals surface area contributed by atoms with Crippen molar-refractivity contribution < 1.29 is 4.79 Å². The van der Waals surface area contributed by atoms with Gasteiger partial charge in [-0.2, -0.15) is 0 Å². The van der Waals surface area contributed by atoms with Crippen LogP contribution in [-0.4, -0.2) is 5.78 Å². The van der Waals surface area contributed by atoms with Gasteiger partial charge in [-0.1, -0.05) is 18.2 Å². The zero-order chi connectivity index (χ0) is 9.42. The SMILES string of the molecule is CC1=CC(=O)Cc2c(C)cccc21. The van der Waals surface area contributed by atoms with Crippen LogP contribution in [0.1, 0.15) is 23.6 Å². The van der Waals surface area contributed by atoms with Crippen LogP contribution in [0, 0.1) is 6.92 Å². The summed E-state index contributed by atoms with van der Waals surface area (Å²) in [6.45, 7) is 4.06. The highest BCUT2D eigenvalue weighted by Gasteiger charge is 2.15. The Morgan fingerprint density at radius 1 is 1.23 bits per heavy atom. The van der Waals surface area contributed by atoms with Crippen molar-refractivity contribution in [3.8, 4) is 0 Å². The molecule has 2 rings (SSSR count). The summed E-state index contributed by atoms with van der Waals surface area (Å²) in [4.78, 5) is 11.3. The lowest BCUT2D eigenvalue weighted by Gasteiger charge is -2.16. The summed E-state index contributed by atoms with van der Waals surface area (Å²) >= 11 is 0. The van der Waals surface area contributed by atoms with Gasteiger partial charge in [-0.15, -0.1) is 0 Å². The number of ketones is 1. The van der Waals surface area contributed by atoms with Gasteiger partial charge in [0.25, 0.3) is 0 Å². The molecule has 0 N–H and O–H groups in total. The summed E-state index contributed by atoms with van der Waals surface area (Å²) < 4.78 is 0. The molecule has 0 amide bonds. The third-order valence-electron chi connectivity index (χ3n) is 2.56. The first-order valence-corrected chi connectivity index (χ1v) is 4.48. The van der Waals surface area contributed by atoms with E-state index in [0.29, 0.717) is 6.42 Å². The van der Waals surface area contributed by atoms with E-state index in [9.17, 15) is 4.79 Å². The second-order valence-corrected chi connectivity index (χ2v) is 3.57. The van der Waals surface area contributed by atoms with Gasteiger partial charge in [0, 0.05) is 6.42 Å². The van der Waals surface area contributed by atoms with Crippen molar-refractivity contribution in [3.63, 3.8) is 0 Å². The molecule has 1 aromatic carbocycles. The molecular formula is C12H12O. The van der Waals surface area contributed by atoms with E-state index in [0.717, 1.165) is 5.57 Å². The molecule has 0 bridgehead atoms. The molecule has 66 valence electrons. The molecular weight excluding hydrogens is 160 g/mol. The number of aryl methyl sites for hydroxylation is 1. The molecule has 1 aliphatic rings. The zero-order valence-electron chi connectivity index (χ0n) is 7.92. The van der Waals surface area contributed by atoms with Crippen molar-refractivity contribution in [3.05, 3.63) is 41.0 Å². The number of rotatable bonds is 0. The largest absolute Gasteiger partial charge is 0.294 e. The van der Waals surface area contributed by atoms with Crippen molar-refractivity contribution in [2.75, 3.05) is 0 Å². The lowest BCUT2D eigenvalue weighted by molar-refractivity contribution is -0.114. The number of hydrogen-bond acceptors (Lipinski definition) is 1. The Labute approximate surface area is 78.1 Å². The first kappa shape index (κ1) is 8.24. The van der Waals surface area contributed by atoms with Gasteiger partial charge in [-0.3, -0.25) is 4.79 Å². The van der Waals surface area contributed by atoms with Gasteiger partial charge in [-0.05, 0) is 42.2 Å². The third-order valence-corrected chi connectivity index (χ3v) is 2.56. The Morgan fingerprint density at radius 2 is 2.00 bits per heavy atom. The van der Waals surface area contributed by atoms with E-state index >= 15 is 0 Å². The van der Waals surface area contributed by atoms with Crippen LogP contribution >= 0.6 is 0 Å². The van der Waals surface area contributed by atoms with Crippen molar-refractivity contribution in [1.82, 2.24) is 0 Å². The number of carbonyl (C=O) groups is 1. The molecule has 1 aromatic rings. The van der Waals surface area contributed by atoms with E-state index in [4.69, 9.17) is 0 Å². The average molecular weight is 172 g/mol. The molecule has 0 atom stereocenters. The molecule has 0 saturated heterocycles. The van der Waals surface area contributed by atoms with Gasteiger partial charge in [0.1, 0.15) is 0 Å². The predicted molar refractivity (Wildman–Crippen MR) is 53.5 cm³/mol. The quantitative estimate of drug-likeness (QED) is 0.587. The van der Waals surface area contributed by atoms with Crippen LogP contribution in [-0.2, 0) is 11.2 Å². The summed E-state index contributed by atoms with van der Waals surface area (Å²) in [5, 5.41) is 0. The minimum absolute atomic E-state index is 0.222. The van der Waals surface area contributed by atoms with E-state index in [1.54, 1.807) is 6.08 Å². The third kappa shape index (κ3) is 1.31. The maximum atomic E-state index is 11.3. The van der Waals surface area contributed by atoms with E-state index in [1.165, 1.54) is 16.7 Å². The maximum absolute atomic E-state index is 11.3. The molecule has 1 nitrogen and oxygen atoms in total. The molecule has 0 unspecified atom stereocenters. The fourth-order valence-corrected chi connectivity index (χ4v) is 1.85. The molecule has 13 heavy (non-hydrogen) atoms. The van der Waals surface area contributed by atoms with E-state index in [2.05, 4.69) is 19.1 Å². The fourth-order valence-electron chi connectivity index (χ4n) is 1.85. The molecule has 0 spiro atoms. The highest BCUT2D eigenvalue weighted by Crippen LogP contribution is 2.26. The van der Waals surface area contributed by atoms with E-state index in [1.807, 2.05) is 13.0 Å². The van der Waals surface area contributed by atoms with E-state index in [-0.39, 0.29) is 5.78 Å². The molecule has 0 fully saturated rings. The molecule has 0 aromatic heterocycles. The van der Waals surface area contributed by atoms with Gasteiger partial charge in [-0.25, -0.2) is 0 Å². The van der Waals surface area contributed by atoms with Gasteiger partial charge in [0.15, 0.2) is 5.78 Å². The monoisotopic (exact) mass is 172 g/mol. The molecule has 1 aliphatic carbocycles. The molecule has 0 radical (unpaired) electrons. The van der Waals surface area contributed by atoms with Crippen LogP contribution in [0.2, 0.25) is 0 Å². The number of benzene rings is 1. The minimum Gasteiger partial charge on any atom is -0.294 e. The van der Waals surface area contributed by atoms with Crippen LogP contribution in [0.15, 0.2) is 24.3 Å². The standard InChI is InChI=1S/C12H12O/c1-8-4-3-5-11-9(2)6-10(13)7-12(8)11/h3-6H,7H2,1-2H3. The van der Waals surface area contributed by atoms with Crippen molar-refractivity contribution in [2.24, 2.45) is 0 Å². The first-order chi connectivity index (χ1) is 6.18. The summed E-state index contributed by atoms with van der Waals surface area (Å²) in [6, 6.07) is 6.19. The van der Waals surface area contributed by atoms with Crippen LogP contribution in [0.5, 0.6) is 0 Å². The summed E-state index contributed by atoms with van der Waals surface area (Å²) in [7, 11) is 0. The number of fused-ring (bicyclic) bond motifs is 1. The number of hydrogen-bond donors (Lipinski definition) is 0. The summed E-state index contributed by atoms with van der Waals surface area (Å²) in [5.74, 6) is 0.222. The Morgan fingerprint density at radius 3 is 2.77 bits per heavy atom. The topological polar surface area (TPSA) is 17.1 Å². The lowest BCUT2D eigenvalue weighted by atomic mass is 9.88. The van der Waals surface area contributed by atoms with Gasteiger partial charge >= 0.3 is 0 Å². The van der Waals surface area contributed by atoms with Crippen LogP contribution < -0.4 is 0 Å². The van der Waals surface area contributed by atoms with Crippen molar-refractivity contribution in [1.29, 1.82) is 0 Å². The Hall–Kier alpha value is -1.37. The summed E-state index contributed by atoms with van der Waals surface area (Å²) in [5.41, 5.74) is 4.75. The molecule has 0 heterocycles. The molecule has 1 heteroatoms. The fraction of sp³-hybridized carbons (Fsp3) is 0.250. The molecule has 0 aliphatic heterocycles.